The minimum absolute atomic E-state index is 0.0620. The van der Waals surface area contributed by atoms with Gasteiger partial charge >= 0.3 is 0 Å². The summed E-state index contributed by atoms with van der Waals surface area (Å²) < 4.78 is 11.1. The predicted octanol–water partition coefficient (Wildman–Crippen LogP) is 2.76. The van der Waals surface area contributed by atoms with Gasteiger partial charge in [0.2, 0.25) is 5.89 Å². The molecule has 164 valence electrons. The zero-order valence-corrected chi connectivity index (χ0v) is 18.6. The van der Waals surface area contributed by atoms with Gasteiger partial charge in [-0.05, 0) is 38.8 Å². The number of rotatable bonds is 9. The minimum Gasteiger partial charge on any atom is -0.447 e. The number of hydrogen-bond acceptors (Lipinski definition) is 6. The van der Waals surface area contributed by atoms with Gasteiger partial charge in [-0.1, -0.05) is 23.8 Å². The number of carbonyl (C=O) groups excluding carboxylic acids is 1. The van der Waals surface area contributed by atoms with Crippen molar-refractivity contribution in [3.8, 4) is 0 Å². The number of ether oxygens (including phenoxy) is 1. The Kier molecular flexibility index (Phi) is 8.01. The van der Waals surface area contributed by atoms with E-state index in [-0.39, 0.29) is 11.9 Å². The van der Waals surface area contributed by atoms with E-state index in [9.17, 15) is 4.79 Å². The molecule has 1 N–H and O–H groups in total. The zero-order chi connectivity index (χ0) is 21.5. The lowest BCUT2D eigenvalue weighted by Gasteiger charge is -2.30. The molecule has 1 aromatic heterocycles. The van der Waals surface area contributed by atoms with Crippen LogP contribution in [-0.4, -0.2) is 66.1 Å². The van der Waals surface area contributed by atoms with Gasteiger partial charge in [-0.15, -0.1) is 0 Å². The molecule has 0 radical (unpaired) electrons. The smallest absolute Gasteiger partial charge is 0.273 e. The Morgan fingerprint density at radius 1 is 1.23 bits per heavy atom. The number of oxazole rings is 1. The first-order chi connectivity index (χ1) is 14.4. The van der Waals surface area contributed by atoms with Crippen molar-refractivity contribution in [3.05, 3.63) is 52.7 Å². The molecule has 2 heterocycles. The van der Waals surface area contributed by atoms with Crippen molar-refractivity contribution >= 4 is 5.91 Å². The number of carbonyl (C=O) groups is 1. The van der Waals surface area contributed by atoms with Gasteiger partial charge < -0.3 is 14.5 Å². The van der Waals surface area contributed by atoms with Gasteiger partial charge in [0.15, 0.2) is 5.69 Å². The molecule has 30 heavy (non-hydrogen) atoms. The lowest BCUT2D eigenvalue weighted by Crippen LogP contribution is -2.41. The molecule has 1 aliphatic rings. The van der Waals surface area contributed by atoms with Crippen molar-refractivity contribution in [2.75, 3.05) is 39.4 Å². The summed E-state index contributed by atoms with van der Waals surface area (Å²) in [5.74, 6) is 0.366. The molecule has 7 heteroatoms. The van der Waals surface area contributed by atoms with Gasteiger partial charge in [-0.2, -0.15) is 0 Å². The third-order valence-electron chi connectivity index (χ3n) is 5.30. The van der Waals surface area contributed by atoms with Crippen LogP contribution in [-0.2, 0) is 17.8 Å². The second-order valence-electron chi connectivity index (χ2n) is 8.35. The average Bonchev–Trinajstić information content (AvgIpc) is 3.18. The highest BCUT2D eigenvalue weighted by Crippen LogP contribution is 2.16. The summed E-state index contributed by atoms with van der Waals surface area (Å²) in [4.78, 5) is 21.4. The number of hydrogen-bond donors (Lipinski definition) is 1. The minimum atomic E-state index is -0.200. The highest BCUT2D eigenvalue weighted by Gasteiger charge is 2.18. The maximum absolute atomic E-state index is 12.2. The van der Waals surface area contributed by atoms with Crippen LogP contribution in [0.25, 0.3) is 0 Å². The number of benzene rings is 1. The van der Waals surface area contributed by atoms with Gasteiger partial charge in [-0.25, -0.2) is 4.98 Å². The van der Waals surface area contributed by atoms with E-state index in [0.717, 1.165) is 45.9 Å². The van der Waals surface area contributed by atoms with Gasteiger partial charge in [0, 0.05) is 38.8 Å². The average molecular weight is 415 g/mol. The van der Waals surface area contributed by atoms with Gasteiger partial charge in [0.05, 0.1) is 19.8 Å². The molecule has 3 rings (SSSR count). The van der Waals surface area contributed by atoms with Crippen LogP contribution in [0, 0.1) is 13.8 Å². The fourth-order valence-electron chi connectivity index (χ4n) is 3.55. The van der Waals surface area contributed by atoms with Crippen molar-refractivity contribution in [3.63, 3.8) is 0 Å². The normalized spacial score (nSPS) is 15.1. The third-order valence-corrected chi connectivity index (χ3v) is 5.30. The lowest BCUT2D eigenvalue weighted by molar-refractivity contribution is 0.0320. The van der Waals surface area contributed by atoms with Crippen LogP contribution >= 0.6 is 0 Å². The van der Waals surface area contributed by atoms with Crippen LogP contribution in [0.2, 0.25) is 0 Å². The Morgan fingerprint density at radius 2 is 2.00 bits per heavy atom. The Balaban J connectivity index is 1.69. The summed E-state index contributed by atoms with van der Waals surface area (Å²) in [6, 6.07) is 6.62. The van der Waals surface area contributed by atoms with Crippen molar-refractivity contribution in [2.24, 2.45) is 0 Å². The molecule has 1 amide bonds. The van der Waals surface area contributed by atoms with Crippen molar-refractivity contribution < 1.29 is 13.9 Å². The van der Waals surface area contributed by atoms with Crippen LogP contribution < -0.4 is 5.32 Å². The van der Waals surface area contributed by atoms with Crippen molar-refractivity contribution in [2.45, 2.75) is 46.8 Å². The Morgan fingerprint density at radius 3 is 2.73 bits per heavy atom. The largest absolute Gasteiger partial charge is 0.447 e. The summed E-state index contributed by atoms with van der Waals surface area (Å²) in [6.07, 6.45) is 1.45. The monoisotopic (exact) mass is 414 g/mol. The van der Waals surface area contributed by atoms with Crippen LogP contribution in [0.5, 0.6) is 0 Å². The quantitative estimate of drug-likeness (QED) is 0.680. The fourth-order valence-corrected chi connectivity index (χ4v) is 3.55. The first-order valence-electron chi connectivity index (χ1n) is 10.7. The van der Waals surface area contributed by atoms with Gasteiger partial charge in [0.1, 0.15) is 6.26 Å². The number of nitrogens with zero attached hydrogens (tertiary/aromatic N) is 3. The molecule has 7 nitrogen and oxygen atoms in total. The molecule has 0 unspecified atom stereocenters. The third kappa shape index (κ3) is 6.65. The summed E-state index contributed by atoms with van der Waals surface area (Å²) in [5.41, 5.74) is 4.17. The second kappa shape index (κ2) is 10.7. The summed E-state index contributed by atoms with van der Waals surface area (Å²) in [5, 5.41) is 2.85. The number of amides is 1. The molecule has 1 fully saturated rings. The summed E-state index contributed by atoms with van der Waals surface area (Å²) in [7, 11) is 0. The molecule has 0 saturated carbocycles. The highest BCUT2D eigenvalue weighted by atomic mass is 16.5. The number of morpholine rings is 1. The van der Waals surface area contributed by atoms with E-state index in [0.29, 0.717) is 18.1 Å². The lowest BCUT2D eigenvalue weighted by atomic mass is 10.1. The van der Waals surface area contributed by atoms with E-state index >= 15 is 0 Å². The standard InChI is InChI=1S/C23H34N4O3/c1-17(2)24-23(28)21-16-30-22(25-21)15-27(8-7-26-9-11-29-12-10-26)14-20-13-18(3)5-6-19(20)4/h5-6,13,16-17H,7-12,14-15H2,1-4H3,(H,24,28). The van der Waals surface area contributed by atoms with E-state index in [1.807, 2.05) is 13.8 Å². The van der Waals surface area contributed by atoms with Crippen molar-refractivity contribution in [1.29, 1.82) is 0 Å². The molecule has 1 aliphatic heterocycles. The highest BCUT2D eigenvalue weighted by molar-refractivity contribution is 5.92. The molecule has 0 aliphatic carbocycles. The number of aromatic nitrogens is 1. The fraction of sp³-hybridized carbons (Fsp3) is 0.565. The zero-order valence-electron chi connectivity index (χ0n) is 18.6. The Bertz CT molecular complexity index is 828. The second-order valence-corrected chi connectivity index (χ2v) is 8.35. The molecule has 1 aromatic carbocycles. The SMILES string of the molecule is Cc1ccc(C)c(CN(CCN2CCOCC2)Cc2nc(C(=O)NC(C)C)co2)c1. The molecule has 0 atom stereocenters. The number of nitrogens with one attached hydrogen (secondary N) is 1. The topological polar surface area (TPSA) is 70.8 Å². The summed E-state index contributed by atoms with van der Waals surface area (Å²) >= 11 is 0. The Labute approximate surface area is 179 Å². The first kappa shape index (κ1) is 22.5. The molecular formula is C23H34N4O3. The number of aryl methyl sites for hydroxylation is 2. The van der Waals surface area contributed by atoms with Gasteiger partial charge in [-0.3, -0.25) is 14.6 Å². The first-order valence-corrected chi connectivity index (χ1v) is 10.7. The van der Waals surface area contributed by atoms with Crippen LogP contribution in [0.15, 0.2) is 28.9 Å². The maximum Gasteiger partial charge on any atom is 0.273 e. The van der Waals surface area contributed by atoms with E-state index < -0.39 is 0 Å². The van der Waals surface area contributed by atoms with E-state index in [1.54, 1.807) is 0 Å². The van der Waals surface area contributed by atoms with E-state index in [4.69, 9.17) is 9.15 Å². The maximum atomic E-state index is 12.2. The van der Waals surface area contributed by atoms with E-state index in [2.05, 4.69) is 52.1 Å². The van der Waals surface area contributed by atoms with Crippen molar-refractivity contribution in [1.82, 2.24) is 20.1 Å². The van der Waals surface area contributed by atoms with Crippen LogP contribution in [0.3, 0.4) is 0 Å². The molecule has 0 spiro atoms. The van der Waals surface area contributed by atoms with Crippen LogP contribution in [0.1, 0.15) is 46.9 Å². The Hall–Kier alpha value is -2.22. The van der Waals surface area contributed by atoms with Gasteiger partial charge in [0.25, 0.3) is 5.91 Å². The summed E-state index contributed by atoms with van der Waals surface area (Å²) in [6.45, 7) is 14.9. The molecule has 0 bridgehead atoms. The van der Waals surface area contributed by atoms with E-state index in [1.165, 1.54) is 23.0 Å². The molecule has 2 aromatic rings. The molecule has 1 saturated heterocycles. The van der Waals surface area contributed by atoms with Crippen LogP contribution in [0.4, 0.5) is 0 Å². The predicted molar refractivity (Wildman–Crippen MR) is 116 cm³/mol. The molecular weight excluding hydrogens is 380 g/mol.